The van der Waals surface area contributed by atoms with Crippen molar-refractivity contribution in [2.45, 2.75) is 285 Å². The van der Waals surface area contributed by atoms with Gasteiger partial charge < -0.3 is 0 Å². The SMILES string of the molecule is CCCCCCCCCCCn1c(=O)c2ccc3c4c(Br)cc5c(=O)n(CCCCCCCCCCC)c(=O)c6cc7c8c9cc%10c(=O)n(CCCCCCCCCCC)c(=O)c%11ccc%12c%13c(Br)cc%14c(=O)n(CCCCCCCCCCC)c(=O)c%15cc(c8c8cc(c1=O)c2c3c8c7c4c56)c(c9c%12c%11%10)c%13c%14%15. The summed E-state index contributed by atoms with van der Waals surface area (Å²) in [6, 6.07) is 19.4. The zero-order valence-electron chi connectivity index (χ0n) is 63.9. The molecule has 0 aliphatic carbocycles. The Hall–Kier alpha value is -7.94. The van der Waals surface area contributed by atoms with Gasteiger partial charge in [-0.05, 0) is 150 Å². The number of hydrogen-bond acceptors (Lipinski definition) is 8. The van der Waals surface area contributed by atoms with E-state index in [0.29, 0.717) is 153 Å². The molecule has 0 saturated heterocycles. The number of halogens is 2. The number of unbranched alkanes of at least 4 members (excludes halogenated alkanes) is 32. The quantitative estimate of drug-likeness (QED) is 0.0209. The van der Waals surface area contributed by atoms with E-state index in [2.05, 4.69) is 59.6 Å². The highest BCUT2D eigenvalue weighted by Gasteiger charge is 2.34. The van der Waals surface area contributed by atoms with Crippen molar-refractivity contribution in [2.24, 2.45) is 0 Å². The number of aromatic nitrogens is 4. The largest absolute Gasteiger partial charge is 0.274 e. The molecule has 0 N–H and O–H groups in total. The van der Waals surface area contributed by atoms with Gasteiger partial charge >= 0.3 is 0 Å². The van der Waals surface area contributed by atoms with Gasteiger partial charge in [0, 0.05) is 121 Å². The van der Waals surface area contributed by atoms with E-state index in [0.717, 1.165) is 146 Å². The van der Waals surface area contributed by atoms with Crippen LogP contribution in [0, 0.1) is 0 Å². The summed E-state index contributed by atoms with van der Waals surface area (Å²) >= 11 is 8.19. The first-order chi connectivity index (χ1) is 52.8. The third-order valence-corrected chi connectivity index (χ3v) is 26.6. The van der Waals surface area contributed by atoms with Crippen LogP contribution in [0.15, 0.2) is 108 Å². The number of benzene rings is 12. The highest BCUT2D eigenvalue weighted by Crippen LogP contribution is 2.58. The zero-order valence-corrected chi connectivity index (χ0v) is 67.0. The molecule has 12 aromatic carbocycles. The first-order valence-electron chi connectivity index (χ1n) is 41.9. The standard InChI is InChI=1S/C94H102Br2N4O8/c1-5-9-13-17-21-25-29-33-37-45-97-87(101)57-43-41-55-77-69(95)53-67-75-66(92(106)100(93(67)107)48-40-36-32-28-24-20-16-12-8-4)52-62-74-60-50-64-72-58(88(102)98(90(64)104)46-38-34-30-26-22-18-14-10-6-2)44-42-56-78-70(96)54-68-76-65(91(105)99(94(68)108)47-39-35-31-27-23-19-15-11-7-3)51-61(84(86(76)78)82(60)80(56)72)73(74)59-49-63(89(97)103)71(57)79(55)81(59)83(62)85(75)77/h41-44,49-54H,5-40,45-48H2,1-4H3. The lowest BCUT2D eigenvalue weighted by molar-refractivity contribution is 0.530. The van der Waals surface area contributed by atoms with Crippen LogP contribution in [0.25, 0.3) is 162 Å². The van der Waals surface area contributed by atoms with E-state index in [1.54, 1.807) is 0 Å². The molecule has 560 valence electrons. The van der Waals surface area contributed by atoms with Gasteiger partial charge in [0.2, 0.25) is 0 Å². The van der Waals surface area contributed by atoms with Crippen LogP contribution in [0.5, 0.6) is 0 Å². The fraction of sp³-hybridized carbons (Fsp3) is 0.468. The molecular weight excluding hydrogens is 1470 g/mol. The molecule has 0 bridgehead atoms. The van der Waals surface area contributed by atoms with Crippen molar-refractivity contribution in [3.8, 4) is 0 Å². The maximum Gasteiger partial charge on any atom is 0.261 e. The van der Waals surface area contributed by atoms with Gasteiger partial charge in [-0.2, -0.15) is 0 Å². The van der Waals surface area contributed by atoms with Crippen molar-refractivity contribution in [2.75, 3.05) is 0 Å². The predicted molar refractivity (Wildman–Crippen MR) is 465 cm³/mol. The van der Waals surface area contributed by atoms with E-state index >= 15 is 38.4 Å². The summed E-state index contributed by atoms with van der Waals surface area (Å²) in [4.78, 5) is 126. The molecular formula is C94H102Br2N4O8. The van der Waals surface area contributed by atoms with Gasteiger partial charge in [-0.25, -0.2) is 0 Å². The minimum Gasteiger partial charge on any atom is -0.274 e. The van der Waals surface area contributed by atoms with Crippen LogP contribution in [-0.4, -0.2) is 18.3 Å². The second-order valence-electron chi connectivity index (χ2n) is 32.4. The normalized spacial score (nSPS) is 12.8. The lowest BCUT2D eigenvalue weighted by Gasteiger charge is -2.27. The molecule has 0 radical (unpaired) electrons. The average molecular weight is 1580 g/mol. The molecule has 16 aromatic rings. The number of nitrogens with zero attached hydrogens (tertiary/aromatic N) is 4. The highest BCUT2D eigenvalue weighted by molar-refractivity contribution is 9.11. The van der Waals surface area contributed by atoms with Crippen LogP contribution in [0.4, 0.5) is 0 Å². The first-order valence-corrected chi connectivity index (χ1v) is 43.5. The van der Waals surface area contributed by atoms with Crippen molar-refractivity contribution in [3.05, 3.63) is 152 Å². The highest BCUT2D eigenvalue weighted by atomic mass is 79.9. The Morgan fingerprint density at radius 2 is 0.361 bits per heavy atom. The summed E-state index contributed by atoms with van der Waals surface area (Å²) in [7, 11) is 0. The molecule has 0 unspecified atom stereocenters. The van der Waals surface area contributed by atoms with E-state index < -0.39 is 22.2 Å². The average Bonchev–Trinajstić information content (AvgIpc) is 0.651. The molecule has 4 aromatic heterocycles. The molecule has 0 saturated carbocycles. The smallest absolute Gasteiger partial charge is 0.261 e. The Kier molecular flexibility index (Phi) is 21.6. The minimum atomic E-state index is -0.394. The van der Waals surface area contributed by atoms with Crippen molar-refractivity contribution < 1.29 is 0 Å². The number of fused-ring (bicyclic) bond motifs is 7. The van der Waals surface area contributed by atoms with Gasteiger partial charge in [0.15, 0.2) is 0 Å². The van der Waals surface area contributed by atoms with Gasteiger partial charge in [-0.1, -0.05) is 277 Å². The predicted octanol–water partition coefficient (Wildman–Crippen LogP) is 24.2. The first kappa shape index (κ1) is 74.2. The van der Waals surface area contributed by atoms with Crippen LogP contribution < -0.4 is 44.5 Å². The van der Waals surface area contributed by atoms with E-state index in [4.69, 9.17) is 0 Å². The lowest BCUT2D eigenvalue weighted by atomic mass is 9.76. The molecule has 0 fully saturated rings. The summed E-state index contributed by atoms with van der Waals surface area (Å²) in [5, 5.41) is 18.1. The third kappa shape index (κ3) is 12.3. The number of hydrogen-bond donors (Lipinski definition) is 0. The van der Waals surface area contributed by atoms with Crippen molar-refractivity contribution >= 4 is 193 Å². The lowest BCUT2D eigenvalue weighted by Crippen LogP contribution is -2.34. The van der Waals surface area contributed by atoms with E-state index in [-0.39, 0.29) is 48.4 Å². The van der Waals surface area contributed by atoms with Crippen LogP contribution in [0.2, 0.25) is 0 Å². The Balaban J connectivity index is 1.02. The van der Waals surface area contributed by atoms with E-state index in [9.17, 15) is 0 Å². The summed E-state index contributed by atoms with van der Waals surface area (Å²) < 4.78 is 7.02. The van der Waals surface area contributed by atoms with Gasteiger partial charge in [-0.15, -0.1) is 0 Å². The van der Waals surface area contributed by atoms with Crippen molar-refractivity contribution in [1.82, 2.24) is 18.3 Å². The summed E-state index contributed by atoms with van der Waals surface area (Å²) in [5.41, 5.74) is -3.00. The molecule has 0 spiro atoms. The molecule has 0 aliphatic heterocycles. The molecule has 16 rings (SSSR count). The number of pyridine rings is 4. The molecule has 108 heavy (non-hydrogen) atoms. The summed E-state index contributed by atoms with van der Waals surface area (Å²) in [5.74, 6) is 0. The van der Waals surface area contributed by atoms with Gasteiger partial charge in [0.05, 0.1) is 0 Å². The molecule has 0 amide bonds. The molecule has 14 heteroatoms. The molecule has 12 nitrogen and oxygen atoms in total. The van der Waals surface area contributed by atoms with Gasteiger partial charge in [-0.3, -0.25) is 56.6 Å². The zero-order chi connectivity index (χ0) is 74.8. The van der Waals surface area contributed by atoms with Crippen LogP contribution >= 0.6 is 31.9 Å². The second kappa shape index (κ2) is 31.4. The summed E-state index contributed by atoms with van der Waals surface area (Å²) in [6.45, 7) is 9.89. The van der Waals surface area contributed by atoms with E-state index in [1.807, 2.05) is 60.7 Å². The maximum absolute atomic E-state index is 16.1. The monoisotopic (exact) mass is 1570 g/mol. The Morgan fingerprint density at radius 1 is 0.185 bits per heavy atom. The van der Waals surface area contributed by atoms with Crippen LogP contribution in [0.3, 0.4) is 0 Å². The number of rotatable bonds is 40. The van der Waals surface area contributed by atoms with Crippen molar-refractivity contribution in [1.29, 1.82) is 0 Å². The van der Waals surface area contributed by atoms with Gasteiger partial charge in [0.1, 0.15) is 0 Å². The Morgan fingerprint density at radius 3 is 0.611 bits per heavy atom. The minimum absolute atomic E-state index is 0.240. The molecule has 0 aliphatic rings. The molecule has 4 heterocycles. The topological polar surface area (TPSA) is 156 Å². The van der Waals surface area contributed by atoms with Crippen molar-refractivity contribution in [3.63, 3.8) is 0 Å². The maximum atomic E-state index is 16.1. The second-order valence-corrected chi connectivity index (χ2v) is 34.1. The van der Waals surface area contributed by atoms with Crippen LogP contribution in [-0.2, 0) is 26.2 Å². The molecule has 0 atom stereocenters. The third-order valence-electron chi connectivity index (χ3n) is 25.4. The fourth-order valence-electron chi connectivity index (χ4n) is 20.0. The van der Waals surface area contributed by atoms with Gasteiger partial charge in [0.25, 0.3) is 44.5 Å². The Bertz CT molecular complexity index is 6180. The summed E-state index contributed by atoms with van der Waals surface area (Å²) in [6.07, 6.45) is 38.5. The fourth-order valence-corrected chi connectivity index (χ4v) is 21.3. The Labute approximate surface area is 644 Å². The van der Waals surface area contributed by atoms with E-state index in [1.165, 1.54) is 121 Å². The van der Waals surface area contributed by atoms with Crippen LogP contribution in [0.1, 0.15) is 259 Å².